The van der Waals surface area contributed by atoms with Crippen LogP contribution in [0.2, 0.25) is 0 Å². The van der Waals surface area contributed by atoms with Crippen LogP contribution in [0.1, 0.15) is 85.0 Å². The Balaban J connectivity index is 1.09. The van der Waals surface area contributed by atoms with Gasteiger partial charge in [0, 0.05) is 18.2 Å². The largest absolute Gasteiger partial charge is 0.486 e. The number of aliphatic hydroxyl groups excluding tert-OH is 2. The van der Waals surface area contributed by atoms with Crippen molar-refractivity contribution >= 4 is 11.6 Å². The van der Waals surface area contributed by atoms with Crippen LogP contribution in [0.15, 0.2) is 18.2 Å². The van der Waals surface area contributed by atoms with Crippen molar-refractivity contribution in [2.75, 3.05) is 18.5 Å². The van der Waals surface area contributed by atoms with Crippen molar-refractivity contribution in [3.8, 4) is 11.5 Å². The highest BCUT2D eigenvalue weighted by molar-refractivity contribution is 5.91. The van der Waals surface area contributed by atoms with Crippen molar-refractivity contribution in [2.45, 2.75) is 97.2 Å². The number of fused-ring (bicyclic) bond motifs is 6. The van der Waals surface area contributed by atoms with Crippen molar-refractivity contribution in [1.82, 2.24) is 0 Å². The third kappa shape index (κ3) is 4.44. The van der Waals surface area contributed by atoms with E-state index in [0.29, 0.717) is 60.9 Å². The Hall–Kier alpha value is -1.79. The summed E-state index contributed by atoms with van der Waals surface area (Å²) in [4.78, 5) is 12.9. The van der Waals surface area contributed by atoms with Gasteiger partial charge >= 0.3 is 0 Å². The van der Waals surface area contributed by atoms with Gasteiger partial charge in [0.2, 0.25) is 5.91 Å². The molecule has 5 aliphatic rings. The predicted molar refractivity (Wildman–Crippen MR) is 147 cm³/mol. The maximum Gasteiger partial charge on any atom is 0.224 e. The summed E-state index contributed by atoms with van der Waals surface area (Å²) < 4.78 is 11.2. The molecule has 0 bridgehead atoms. The van der Waals surface area contributed by atoms with E-state index in [1.165, 1.54) is 25.7 Å². The molecule has 3 N–H and O–H groups in total. The van der Waals surface area contributed by atoms with Crippen molar-refractivity contribution < 1.29 is 24.5 Å². The van der Waals surface area contributed by atoms with Crippen molar-refractivity contribution in [2.24, 2.45) is 46.3 Å². The summed E-state index contributed by atoms with van der Waals surface area (Å²) >= 11 is 0. The quantitative estimate of drug-likeness (QED) is 0.452. The van der Waals surface area contributed by atoms with Crippen LogP contribution in [0, 0.1) is 46.3 Å². The van der Waals surface area contributed by atoms with Crippen LogP contribution in [0.5, 0.6) is 11.5 Å². The standard InChI is InChI=1S/C32H47NO5/c1-19(4-9-29(36)33-21-5-8-27-28(18-21)38-15-14-37-27)23-6-7-24-30-25(11-13-32(23,24)3)31(2)12-10-22(34)16-20(31)17-26(30)35/h5,8,18-20,22-26,30,34-35H,4,6-7,9-17H2,1-3H3,(H,33,36)/t19-,20-,22-,23+,24-,25-,26+,30+,31+,32-/m1/s1. The zero-order valence-corrected chi connectivity index (χ0v) is 23.5. The van der Waals surface area contributed by atoms with Crippen LogP contribution >= 0.6 is 0 Å². The molecule has 1 aliphatic heterocycles. The van der Waals surface area contributed by atoms with Gasteiger partial charge in [-0.3, -0.25) is 4.79 Å². The van der Waals surface area contributed by atoms with Gasteiger partial charge in [0.1, 0.15) is 13.2 Å². The fourth-order valence-corrected chi connectivity index (χ4v) is 10.1. The molecule has 4 saturated carbocycles. The first-order valence-electron chi connectivity index (χ1n) is 15.2. The molecule has 4 aliphatic carbocycles. The van der Waals surface area contributed by atoms with E-state index in [0.717, 1.165) is 43.5 Å². The minimum atomic E-state index is -0.237. The summed E-state index contributed by atoms with van der Waals surface area (Å²) in [7, 11) is 0. The average molecular weight is 526 g/mol. The second kappa shape index (κ2) is 9.99. The minimum Gasteiger partial charge on any atom is -0.486 e. The first-order chi connectivity index (χ1) is 18.2. The molecule has 0 spiro atoms. The molecule has 0 aromatic heterocycles. The van der Waals surface area contributed by atoms with Gasteiger partial charge in [0.25, 0.3) is 0 Å². The zero-order chi connectivity index (χ0) is 26.7. The van der Waals surface area contributed by atoms with Crippen molar-refractivity contribution in [1.29, 1.82) is 0 Å². The molecule has 0 saturated heterocycles. The number of carbonyl (C=O) groups excluding carboxylic acids is 1. The molecule has 1 heterocycles. The maximum absolute atomic E-state index is 12.9. The number of hydrogen-bond donors (Lipinski definition) is 3. The van der Waals surface area contributed by atoms with E-state index in [9.17, 15) is 15.0 Å². The molecule has 6 nitrogen and oxygen atoms in total. The summed E-state index contributed by atoms with van der Waals surface area (Å²) in [5.74, 6) is 4.54. The molecule has 0 unspecified atom stereocenters. The molecule has 6 heteroatoms. The highest BCUT2D eigenvalue weighted by Gasteiger charge is 2.62. The van der Waals surface area contributed by atoms with E-state index < -0.39 is 0 Å². The van der Waals surface area contributed by atoms with Gasteiger partial charge in [0.05, 0.1) is 12.2 Å². The smallest absolute Gasteiger partial charge is 0.224 e. The van der Waals surface area contributed by atoms with Gasteiger partial charge in [-0.05, 0) is 116 Å². The maximum atomic E-state index is 12.9. The first-order valence-corrected chi connectivity index (χ1v) is 15.2. The third-order valence-electron chi connectivity index (χ3n) is 12.1. The lowest BCUT2D eigenvalue weighted by atomic mass is 9.43. The lowest BCUT2D eigenvalue weighted by molar-refractivity contribution is -0.174. The first kappa shape index (κ1) is 26.4. The van der Waals surface area contributed by atoms with Crippen LogP contribution in [-0.4, -0.2) is 41.5 Å². The Morgan fingerprint density at radius 1 is 1.00 bits per heavy atom. The Labute approximate surface area is 227 Å². The van der Waals surface area contributed by atoms with Crippen LogP contribution in [0.3, 0.4) is 0 Å². The molecule has 1 aromatic carbocycles. The van der Waals surface area contributed by atoms with E-state index in [2.05, 4.69) is 26.1 Å². The number of amides is 1. The second-order valence-electron chi connectivity index (χ2n) is 13.9. The summed E-state index contributed by atoms with van der Waals surface area (Å²) in [5.41, 5.74) is 1.26. The third-order valence-corrected chi connectivity index (χ3v) is 12.1. The molecular weight excluding hydrogens is 478 g/mol. The zero-order valence-electron chi connectivity index (χ0n) is 23.5. The SMILES string of the molecule is C[C@H](CCC(=O)Nc1ccc2c(c1)OCCO2)[C@@H]1CC[C@@H]2[C@H]3[C@@H](CC[C@@]21C)[C@@]1(C)CC[C@@H](O)C[C@@H]1C[C@@H]3O. The molecule has 4 fully saturated rings. The minimum absolute atomic E-state index is 0.0538. The molecule has 10 atom stereocenters. The fourth-order valence-electron chi connectivity index (χ4n) is 10.1. The van der Waals surface area contributed by atoms with Crippen LogP contribution in [0.25, 0.3) is 0 Å². The number of anilines is 1. The molecule has 210 valence electrons. The normalized spacial score (nSPS) is 42.4. The van der Waals surface area contributed by atoms with Crippen molar-refractivity contribution in [3.05, 3.63) is 18.2 Å². The average Bonchev–Trinajstić information content (AvgIpc) is 3.25. The summed E-state index contributed by atoms with van der Waals surface area (Å²) in [5, 5.41) is 24.9. The fraction of sp³-hybridized carbons (Fsp3) is 0.781. The Morgan fingerprint density at radius 2 is 1.74 bits per heavy atom. The number of aliphatic hydroxyl groups is 2. The molecular formula is C32H47NO5. The summed E-state index contributed by atoms with van der Waals surface area (Å²) in [6.45, 7) is 8.42. The number of ether oxygens (including phenoxy) is 2. The number of rotatable bonds is 5. The van der Waals surface area contributed by atoms with E-state index in [1.54, 1.807) is 0 Å². The highest BCUT2D eigenvalue weighted by atomic mass is 16.6. The molecule has 1 aromatic rings. The van der Waals surface area contributed by atoms with Crippen LogP contribution in [0.4, 0.5) is 5.69 Å². The van der Waals surface area contributed by atoms with Gasteiger partial charge in [0.15, 0.2) is 11.5 Å². The predicted octanol–water partition coefficient (Wildman–Crippen LogP) is 5.80. The second-order valence-corrected chi connectivity index (χ2v) is 13.9. The molecule has 1 amide bonds. The molecule has 6 rings (SSSR count). The topological polar surface area (TPSA) is 88.0 Å². The monoisotopic (exact) mass is 525 g/mol. The van der Waals surface area contributed by atoms with Crippen LogP contribution < -0.4 is 14.8 Å². The highest BCUT2D eigenvalue weighted by Crippen LogP contribution is 2.68. The number of hydrogen-bond acceptors (Lipinski definition) is 5. The number of nitrogens with one attached hydrogen (secondary N) is 1. The van der Waals surface area contributed by atoms with Gasteiger partial charge in [-0.25, -0.2) is 0 Å². The Bertz CT molecular complexity index is 1040. The van der Waals surface area contributed by atoms with Crippen molar-refractivity contribution in [3.63, 3.8) is 0 Å². The molecule has 38 heavy (non-hydrogen) atoms. The molecule has 0 radical (unpaired) electrons. The van der Waals surface area contributed by atoms with E-state index in [1.807, 2.05) is 18.2 Å². The van der Waals surface area contributed by atoms with Gasteiger partial charge in [-0.2, -0.15) is 0 Å². The van der Waals surface area contributed by atoms with Gasteiger partial charge < -0.3 is 25.0 Å². The lowest BCUT2D eigenvalue weighted by Gasteiger charge is -2.62. The Kier molecular flexibility index (Phi) is 6.95. The number of carbonyl (C=O) groups is 1. The number of benzene rings is 1. The lowest BCUT2D eigenvalue weighted by Crippen LogP contribution is -2.58. The summed E-state index contributed by atoms with van der Waals surface area (Å²) in [6, 6.07) is 5.59. The van der Waals surface area contributed by atoms with E-state index in [4.69, 9.17) is 9.47 Å². The summed E-state index contributed by atoms with van der Waals surface area (Å²) in [6.07, 6.45) is 9.58. The van der Waals surface area contributed by atoms with Crippen LogP contribution in [-0.2, 0) is 4.79 Å². The Morgan fingerprint density at radius 3 is 2.55 bits per heavy atom. The van der Waals surface area contributed by atoms with E-state index in [-0.39, 0.29) is 28.9 Å². The van der Waals surface area contributed by atoms with E-state index >= 15 is 0 Å². The van der Waals surface area contributed by atoms with Gasteiger partial charge in [-0.15, -0.1) is 0 Å². The van der Waals surface area contributed by atoms with Gasteiger partial charge in [-0.1, -0.05) is 20.8 Å².